The van der Waals surface area contributed by atoms with Crippen molar-refractivity contribution in [1.29, 1.82) is 0 Å². The van der Waals surface area contributed by atoms with E-state index < -0.39 is 0 Å². The highest BCUT2D eigenvalue weighted by atomic mass is 32.1. The molecule has 0 radical (unpaired) electrons. The number of methoxy groups -OCH3 is 1. The van der Waals surface area contributed by atoms with E-state index in [0.29, 0.717) is 28.8 Å². The minimum absolute atomic E-state index is 0.0319. The van der Waals surface area contributed by atoms with Crippen LogP contribution in [0.5, 0.6) is 11.5 Å². The lowest BCUT2D eigenvalue weighted by Crippen LogP contribution is -2.49. The molecule has 7 heteroatoms. The van der Waals surface area contributed by atoms with Gasteiger partial charge in [0, 0.05) is 18.7 Å². The van der Waals surface area contributed by atoms with Crippen LogP contribution in [-0.2, 0) is 4.74 Å². The van der Waals surface area contributed by atoms with Gasteiger partial charge >= 0.3 is 0 Å². The maximum atomic E-state index is 12.2. The van der Waals surface area contributed by atoms with Gasteiger partial charge in [0.05, 0.1) is 6.61 Å². The summed E-state index contributed by atoms with van der Waals surface area (Å²) in [6.45, 7) is 2.43. The van der Waals surface area contributed by atoms with Gasteiger partial charge in [-0.1, -0.05) is 24.3 Å². The van der Waals surface area contributed by atoms with Crippen LogP contribution in [0.2, 0.25) is 0 Å². The summed E-state index contributed by atoms with van der Waals surface area (Å²) in [4.78, 5) is 12.2. The van der Waals surface area contributed by atoms with E-state index in [1.54, 1.807) is 31.4 Å². The Kier molecular flexibility index (Phi) is 7.18. The van der Waals surface area contributed by atoms with Gasteiger partial charge in [-0.2, -0.15) is 0 Å². The van der Waals surface area contributed by atoms with E-state index in [9.17, 15) is 4.79 Å². The molecule has 0 heterocycles. The molecule has 1 amide bonds. The van der Waals surface area contributed by atoms with Crippen molar-refractivity contribution in [3.63, 3.8) is 0 Å². The molecular weight excluding hydrogens is 338 g/mol. The highest BCUT2D eigenvalue weighted by molar-refractivity contribution is 7.80. The fraction of sp³-hybridized carbons (Fsp3) is 0.222. The normalized spacial score (nSPS) is 11.3. The second-order valence-electron chi connectivity index (χ2n) is 5.35. The highest BCUT2D eigenvalue weighted by Gasteiger charge is 2.09. The summed E-state index contributed by atoms with van der Waals surface area (Å²) in [6.07, 6.45) is 0. The van der Waals surface area contributed by atoms with Crippen LogP contribution in [0.4, 0.5) is 0 Å². The predicted molar refractivity (Wildman–Crippen MR) is 101 cm³/mol. The molecule has 1 atom stereocenters. The van der Waals surface area contributed by atoms with Crippen molar-refractivity contribution in [3.05, 3.63) is 60.2 Å². The van der Waals surface area contributed by atoms with E-state index in [1.807, 2.05) is 37.3 Å². The van der Waals surface area contributed by atoms with Crippen LogP contribution < -0.4 is 20.9 Å². The number of rotatable bonds is 6. The van der Waals surface area contributed by atoms with Gasteiger partial charge in [-0.05, 0) is 49.5 Å². The van der Waals surface area contributed by atoms with E-state index >= 15 is 0 Å². The molecule has 2 rings (SSSR count). The van der Waals surface area contributed by atoms with Crippen LogP contribution in [0.1, 0.15) is 17.3 Å². The van der Waals surface area contributed by atoms with Gasteiger partial charge in [-0.15, -0.1) is 0 Å². The van der Waals surface area contributed by atoms with Crippen LogP contribution in [0, 0.1) is 0 Å². The molecule has 0 saturated carbocycles. The van der Waals surface area contributed by atoms with Crippen molar-refractivity contribution in [1.82, 2.24) is 16.2 Å². The average molecular weight is 359 g/mol. The van der Waals surface area contributed by atoms with Crippen LogP contribution in [-0.4, -0.2) is 30.8 Å². The summed E-state index contributed by atoms with van der Waals surface area (Å²) >= 11 is 5.11. The molecule has 6 nitrogen and oxygen atoms in total. The van der Waals surface area contributed by atoms with Crippen molar-refractivity contribution < 1.29 is 14.3 Å². The molecule has 25 heavy (non-hydrogen) atoms. The minimum Gasteiger partial charge on any atom is -0.457 e. The molecule has 0 unspecified atom stereocenters. The summed E-state index contributed by atoms with van der Waals surface area (Å²) in [6, 6.07) is 16.3. The molecular formula is C18H21N3O3S. The second-order valence-corrected chi connectivity index (χ2v) is 5.76. The number of para-hydroxylation sites is 1. The van der Waals surface area contributed by atoms with Gasteiger partial charge in [0.1, 0.15) is 11.5 Å². The number of carbonyl (C=O) groups excluding carboxylic acids is 1. The lowest BCUT2D eigenvalue weighted by Gasteiger charge is -2.16. The molecule has 0 spiro atoms. The number of amides is 1. The zero-order valence-corrected chi connectivity index (χ0v) is 14.9. The van der Waals surface area contributed by atoms with Gasteiger partial charge in [0.2, 0.25) is 0 Å². The Bertz CT molecular complexity index is 710. The van der Waals surface area contributed by atoms with Crippen LogP contribution in [0.15, 0.2) is 54.6 Å². The largest absolute Gasteiger partial charge is 0.457 e. The summed E-state index contributed by atoms with van der Waals surface area (Å²) < 4.78 is 10.7. The zero-order chi connectivity index (χ0) is 18.1. The molecule has 0 bridgehead atoms. The summed E-state index contributed by atoms with van der Waals surface area (Å²) in [5, 5.41) is 3.30. The van der Waals surface area contributed by atoms with E-state index in [-0.39, 0.29) is 11.9 Å². The third-order valence-corrected chi connectivity index (χ3v) is 3.38. The average Bonchev–Trinajstić information content (AvgIpc) is 2.61. The summed E-state index contributed by atoms with van der Waals surface area (Å²) in [5.74, 6) is 0.964. The van der Waals surface area contributed by atoms with Crippen molar-refractivity contribution in [2.75, 3.05) is 13.7 Å². The number of ether oxygens (including phenoxy) is 2. The molecule has 2 aromatic rings. The number of thiocarbonyl (C=S) groups is 1. The Morgan fingerprint density at radius 1 is 1.08 bits per heavy atom. The molecule has 0 saturated heterocycles. The number of hydrogen-bond acceptors (Lipinski definition) is 4. The van der Waals surface area contributed by atoms with Gasteiger partial charge in [-0.3, -0.25) is 15.6 Å². The van der Waals surface area contributed by atoms with Gasteiger partial charge in [-0.25, -0.2) is 0 Å². The Morgan fingerprint density at radius 2 is 1.80 bits per heavy atom. The fourth-order valence-corrected chi connectivity index (χ4v) is 2.31. The molecule has 0 aliphatic heterocycles. The molecule has 0 aromatic heterocycles. The van der Waals surface area contributed by atoms with Crippen LogP contribution in [0.3, 0.4) is 0 Å². The first kappa shape index (κ1) is 18.7. The quantitative estimate of drug-likeness (QED) is 0.544. The Balaban J connectivity index is 1.89. The number of hydrogen-bond donors (Lipinski definition) is 3. The first-order chi connectivity index (χ1) is 12.1. The van der Waals surface area contributed by atoms with Crippen molar-refractivity contribution in [3.8, 4) is 11.5 Å². The zero-order valence-electron chi connectivity index (χ0n) is 14.1. The van der Waals surface area contributed by atoms with Gasteiger partial charge in [0.25, 0.3) is 5.91 Å². The number of nitrogens with one attached hydrogen (secondary N) is 3. The van der Waals surface area contributed by atoms with E-state index in [4.69, 9.17) is 21.7 Å². The Hall–Kier alpha value is -2.64. The SMILES string of the molecule is COC[C@@H](C)NC(=S)NNC(=O)c1cccc(Oc2ccccc2)c1. The van der Waals surface area contributed by atoms with Gasteiger partial charge in [0.15, 0.2) is 5.11 Å². The Labute approximate surface area is 152 Å². The molecule has 132 valence electrons. The van der Waals surface area contributed by atoms with Crippen LogP contribution in [0.25, 0.3) is 0 Å². The highest BCUT2D eigenvalue weighted by Crippen LogP contribution is 2.21. The van der Waals surface area contributed by atoms with E-state index in [2.05, 4.69) is 16.2 Å². The maximum Gasteiger partial charge on any atom is 0.269 e. The number of carbonyl (C=O) groups is 1. The first-order valence-corrected chi connectivity index (χ1v) is 8.18. The monoisotopic (exact) mass is 359 g/mol. The minimum atomic E-state index is -0.318. The van der Waals surface area contributed by atoms with E-state index in [0.717, 1.165) is 0 Å². The second kappa shape index (κ2) is 9.61. The third kappa shape index (κ3) is 6.40. The topological polar surface area (TPSA) is 71.6 Å². The summed E-state index contributed by atoms with van der Waals surface area (Å²) in [5.41, 5.74) is 5.66. The lowest BCUT2D eigenvalue weighted by molar-refractivity contribution is 0.0943. The summed E-state index contributed by atoms with van der Waals surface area (Å²) in [7, 11) is 1.61. The standard InChI is InChI=1S/C18H21N3O3S/c1-13(12-23-2)19-18(25)21-20-17(22)14-7-6-10-16(11-14)24-15-8-4-3-5-9-15/h3-11,13H,12H2,1-2H3,(H,20,22)(H2,19,21,25)/t13-/m1/s1. The molecule has 2 aromatic carbocycles. The fourth-order valence-electron chi connectivity index (χ4n) is 2.06. The first-order valence-electron chi connectivity index (χ1n) is 7.77. The molecule has 0 fully saturated rings. The van der Waals surface area contributed by atoms with Gasteiger partial charge < -0.3 is 14.8 Å². The van der Waals surface area contributed by atoms with Crippen LogP contribution >= 0.6 is 12.2 Å². The third-order valence-electron chi connectivity index (χ3n) is 3.16. The predicted octanol–water partition coefficient (Wildman–Crippen LogP) is 2.62. The van der Waals surface area contributed by atoms with E-state index in [1.165, 1.54) is 0 Å². The molecule has 0 aliphatic rings. The van der Waals surface area contributed by atoms with Crippen molar-refractivity contribution in [2.45, 2.75) is 13.0 Å². The number of benzene rings is 2. The van der Waals surface area contributed by atoms with Crippen molar-refractivity contribution >= 4 is 23.2 Å². The maximum absolute atomic E-state index is 12.2. The molecule has 3 N–H and O–H groups in total. The molecule has 0 aliphatic carbocycles. The smallest absolute Gasteiger partial charge is 0.269 e. The lowest BCUT2D eigenvalue weighted by atomic mass is 10.2. The number of hydrazine groups is 1. The van der Waals surface area contributed by atoms with Crippen molar-refractivity contribution in [2.24, 2.45) is 0 Å². The Morgan fingerprint density at radius 3 is 2.52 bits per heavy atom.